The van der Waals surface area contributed by atoms with Crippen LogP contribution >= 0.6 is 0 Å². The van der Waals surface area contributed by atoms with Crippen molar-refractivity contribution in [3.05, 3.63) is 29.5 Å². The Kier molecular flexibility index (Phi) is 6.10. The minimum atomic E-state index is 0.602. The van der Waals surface area contributed by atoms with E-state index in [0.29, 0.717) is 17.3 Å². The molecule has 0 amide bonds. The maximum atomic E-state index is 7.61. The van der Waals surface area contributed by atoms with Crippen LogP contribution < -0.4 is 16.8 Å². The predicted molar refractivity (Wildman–Crippen MR) is 88.9 cm³/mol. The van der Waals surface area contributed by atoms with Gasteiger partial charge < -0.3 is 22.2 Å². The van der Waals surface area contributed by atoms with Gasteiger partial charge in [0.25, 0.3) is 0 Å². The lowest BCUT2D eigenvalue weighted by Gasteiger charge is -2.16. The van der Waals surface area contributed by atoms with Crippen molar-refractivity contribution in [3.8, 4) is 0 Å². The highest BCUT2D eigenvalue weighted by atomic mass is 14.8. The van der Waals surface area contributed by atoms with Crippen molar-refractivity contribution in [1.82, 2.24) is 5.32 Å². The van der Waals surface area contributed by atoms with Gasteiger partial charge in [0.1, 0.15) is 0 Å². The molecule has 110 valence electrons. The Labute approximate surface area is 121 Å². The predicted octanol–water partition coefficient (Wildman–Crippen LogP) is 3.04. The third-order valence-corrected chi connectivity index (χ3v) is 3.29. The van der Waals surface area contributed by atoms with Crippen LogP contribution in [-0.4, -0.2) is 12.8 Å². The summed E-state index contributed by atoms with van der Waals surface area (Å²) in [5, 5.41) is 10.7. The van der Waals surface area contributed by atoms with E-state index in [2.05, 4.69) is 19.2 Å². The molecule has 6 N–H and O–H groups in total. The second-order valence-electron chi connectivity index (χ2n) is 5.33. The average Bonchev–Trinajstić information content (AvgIpc) is 2.42. The first-order chi connectivity index (χ1) is 9.51. The fraction of sp³-hybridized carbons (Fsp3) is 0.438. The molecular formula is C16H26N4. The van der Waals surface area contributed by atoms with Crippen LogP contribution in [0.1, 0.15) is 38.3 Å². The molecule has 0 radical (unpaired) electrons. The maximum Gasteiger partial charge on any atom is 0.0586 e. The Bertz CT molecular complexity index is 489. The smallest absolute Gasteiger partial charge is 0.0586 e. The van der Waals surface area contributed by atoms with Gasteiger partial charge in [0, 0.05) is 24.5 Å². The van der Waals surface area contributed by atoms with E-state index in [-0.39, 0.29) is 0 Å². The quantitative estimate of drug-likeness (QED) is 0.455. The Balaban J connectivity index is 3.23. The zero-order valence-electron chi connectivity index (χ0n) is 12.7. The minimum absolute atomic E-state index is 0.602. The van der Waals surface area contributed by atoms with Crippen molar-refractivity contribution >= 4 is 23.2 Å². The first-order valence-electron chi connectivity index (χ1n) is 7.12. The molecule has 0 aliphatic rings. The Morgan fingerprint density at radius 1 is 1.35 bits per heavy atom. The van der Waals surface area contributed by atoms with Crippen molar-refractivity contribution in [2.45, 2.75) is 33.6 Å². The van der Waals surface area contributed by atoms with Crippen LogP contribution in [0.3, 0.4) is 0 Å². The maximum absolute atomic E-state index is 7.61. The normalized spacial score (nSPS) is 11.7. The molecule has 0 aromatic heterocycles. The molecule has 4 heteroatoms. The summed E-state index contributed by atoms with van der Waals surface area (Å²) in [7, 11) is 0. The van der Waals surface area contributed by atoms with Crippen molar-refractivity contribution in [3.63, 3.8) is 0 Å². The van der Waals surface area contributed by atoms with Crippen LogP contribution in [0.15, 0.2) is 18.3 Å². The molecule has 0 atom stereocenters. The monoisotopic (exact) mass is 274 g/mol. The van der Waals surface area contributed by atoms with E-state index in [1.54, 1.807) is 0 Å². The third kappa shape index (κ3) is 4.02. The Morgan fingerprint density at radius 2 is 2.05 bits per heavy atom. The van der Waals surface area contributed by atoms with Crippen LogP contribution in [0.5, 0.6) is 0 Å². The van der Waals surface area contributed by atoms with E-state index in [1.165, 1.54) is 6.21 Å². The number of anilines is 2. The van der Waals surface area contributed by atoms with Gasteiger partial charge in [-0.05, 0) is 42.9 Å². The number of nitrogens with two attached hydrogens (primary N) is 2. The van der Waals surface area contributed by atoms with Gasteiger partial charge in [-0.3, -0.25) is 0 Å². The molecule has 0 aliphatic carbocycles. The lowest BCUT2D eigenvalue weighted by molar-refractivity contribution is 0.587. The summed E-state index contributed by atoms with van der Waals surface area (Å²) >= 11 is 0. The van der Waals surface area contributed by atoms with E-state index >= 15 is 0 Å². The number of rotatable bonds is 7. The molecule has 1 rings (SSSR count). The van der Waals surface area contributed by atoms with Gasteiger partial charge in [-0.2, -0.15) is 0 Å². The molecule has 0 saturated heterocycles. The summed E-state index contributed by atoms with van der Waals surface area (Å²) in [5.74, 6) is 0.602. The second-order valence-corrected chi connectivity index (χ2v) is 5.33. The summed E-state index contributed by atoms with van der Waals surface area (Å²) in [6, 6.07) is 3.77. The van der Waals surface area contributed by atoms with E-state index in [4.69, 9.17) is 16.9 Å². The molecule has 0 unspecified atom stereocenters. The zero-order valence-corrected chi connectivity index (χ0v) is 12.7. The standard InChI is InChI=1S/C16H26N4/c1-4-20-10-12(9-17)13-7-8-15(18)16(19)14(13)6-5-11(2)3/h7-11,17,20H,4-6,18-19H2,1-3H3/b12-10+,17-9?. The van der Waals surface area contributed by atoms with Gasteiger partial charge in [-0.1, -0.05) is 19.9 Å². The summed E-state index contributed by atoms with van der Waals surface area (Å²) in [5.41, 5.74) is 16.2. The summed E-state index contributed by atoms with van der Waals surface area (Å²) in [6.07, 6.45) is 5.14. The lowest BCUT2D eigenvalue weighted by atomic mass is 9.92. The number of benzene rings is 1. The highest BCUT2D eigenvalue weighted by Crippen LogP contribution is 2.30. The molecule has 0 aliphatic heterocycles. The number of allylic oxidation sites excluding steroid dienone is 1. The number of hydrogen-bond acceptors (Lipinski definition) is 4. The molecule has 0 bridgehead atoms. The summed E-state index contributed by atoms with van der Waals surface area (Å²) in [4.78, 5) is 0. The lowest BCUT2D eigenvalue weighted by Crippen LogP contribution is -2.08. The molecule has 0 heterocycles. The molecule has 0 fully saturated rings. The molecule has 1 aromatic rings. The Hall–Kier alpha value is -1.97. The number of hydrogen-bond donors (Lipinski definition) is 4. The molecule has 0 spiro atoms. The second kappa shape index (κ2) is 7.58. The van der Waals surface area contributed by atoms with Crippen molar-refractivity contribution in [2.75, 3.05) is 18.0 Å². The van der Waals surface area contributed by atoms with Crippen LogP contribution in [0.4, 0.5) is 11.4 Å². The van der Waals surface area contributed by atoms with Crippen LogP contribution in [0.25, 0.3) is 5.57 Å². The van der Waals surface area contributed by atoms with Crippen molar-refractivity contribution in [1.29, 1.82) is 5.41 Å². The van der Waals surface area contributed by atoms with Gasteiger partial charge in [0.2, 0.25) is 0 Å². The third-order valence-electron chi connectivity index (χ3n) is 3.29. The van der Waals surface area contributed by atoms with Gasteiger partial charge >= 0.3 is 0 Å². The van der Waals surface area contributed by atoms with E-state index in [0.717, 1.165) is 36.1 Å². The van der Waals surface area contributed by atoms with Crippen molar-refractivity contribution in [2.24, 2.45) is 5.92 Å². The van der Waals surface area contributed by atoms with E-state index < -0.39 is 0 Å². The van der Waals surface area contributed by atoms with Crippen LogP contribution in [0, 0.1) is 11.3 Å². The van der Waals surface area contributed by atoms with Crippen LogP contribution in [-0.2, 0) is 6.42 Å². The minimum Gasteiger partial charge on any atom is -0.397 e. The molecule has 1 aromatic carbocycles. The number of nitrogen functional groups attached to an aromatic ring is 2. The first kappa shape index (κ1) is 16.1. The van der Waals surface area contributed by atoms with Crippen molar-refractivity contribution < 1.29 is 0 Å². The SMILES string of the molecule is CCN/C=C(\C=N)c1ccc(N)c(N)c1CCC(C)C. The summed E-state index contributed by atoms with van der Waals surface area (Å²) < 4.78 is 0. The topological polar surface area (TPSA) is 87.9 Å². The molecule has 0 saturated carbocycles. The zero-order chi connectivity index (χ0) is 15.1. The molecule has 20 heavy (non-hydrogen) atoms. The van der Waals surface area contributed by atoms with E-state index in [1.807, 2.05) is 25.3 Å². The Morgan fingerprint density at radius 3 is 2.60 bits per heavy atom. The van der Waals surface area contributed by atoms with Gasteiger partial charge in [0.15, 0.2) is 0 Å². The highest BCUT2D eigenvalue weighted by molar-refractivity contribution is 6.09. The van der Waals surface area contributed by atoms with Gasteiger partial charge in [-0.15, -0.1) is 0 Å². The van der Waals surface area contributed by atoms with Gasteiger partial charge in [0.05, 0.1) is 11.4 Å². The molecule has 4 nitrogen and oxygen atoms in total. The van der Waals surface area contributed by atoms with Crippen LogP contribution in [0.2, 0.25) is 0 Å². The largest absolute Gasteiger partial charge is 0.397 e. The van der Waals surface area contributed by atoms with Gasteiger partial charge in [-0.25, -0.2) is 0 Å². The van der Waals surface area contributed by atoms with E-state index in [9.17, 15) is 0 Å². The molecular weight excluding hydrogens is 248 g/mol. The fourth-order valence-electron chi connectivity index (χ4n) is 2.06. The number of nitrogens with one attached hydrogen (secondary N) is 2. The summed E-state index contributed by atoms with van der Waals surface area (Å²) in [6.45, 7) is 7.22. The first-order valence-corrected chi connectivity index (χ1v) is 7.12. The average molecular weight is 274 g/mol. The highest BCUT2D eigenvalue weighted by Gasteiger charge is 2.12. The fourth-order valence-corrected chi connectivity index (χ4v) is 2.06.